The van der Waals surface area contributed by atoms with E-state index in [1.54, 1.807) is 23.3 Å². The second kappa shape index (κ2) is 27.6. The fourth-order valence-corrected chi connectivity index (χ4v) is 12.0. The molecule has 1 heteroatoms. The lowest BCUT2D eigenvalue weighted by Gasteiger charge is -2.33. The van der Waals surface area contributed by atoms with Gasteiger partial charge in [-0.05, 0) is 0 Å². The number of hydrogen-bond donors (Lipinski definition) is 0. The summed E-state index contributed by atoms with van der Waals surface area (Å²) < 4.78 is 0. The number of unbranched alkanes of at least 4 members (excludes halogenated alkanes) is 23. The Bertz CT molecular complexity index is 574. The Hall–Kier alpha value is -0.563. The Labute approximate surface area is 248 Å². The van der Waals surface area contributed by atoms with Gasteiger partial charge in [-0.25, -0.2) is 0 Å². The van der Waals surface area contributed by atoms with Crippen LogP contribution in [0.4, 0.5) is 0 Å². The van der Waals surface area contributed by atoms with E-state index in [-0.39, 0.29) is 0 Å². The first-order valence-electron chi connectivity index (χ1n) is 18.3. The Morgan fingerprint density at radius 3 is 0.872 bits per heavy atom. The summed E-state index contributed by atoms with van der Waals surface area (Å²) in [7, 11) is -1.42. The third kappa shape index (κ3) is 20.0. The fourth-order valence-electron chi connectivity index (χ4n) is 6.75. The molecule has 0 radical (unpaired) electrons. The highest BCUT2D eigenvalue weighted by atomic mass is 28.3. The summed E-state index contributed by atoms with van der Waals surface area (Å²) in [5.41, 5.74) is 0. The topological polar surface area (TPSA) is 0 Å². The zero-order valence-corrected chi connectivity index (χ0v) is 28.4. The van der Waals surface area contributed by atoms with E-state index in [0.29, 0.717) is 0 Å². The highest BCUT2D eigenvalue weighted by Crippen LogP contribution is 2.30. The van der Waals surface area contributed by atoms with Crippen LogP contribution in [-0.2, 0) is 0 Å². The van der Waals surface area contributed by atoms with Crippen LogP contribution in [0.5, 0.6) is 0 Å². The van der Waals surface area contributed by atoms with Crippen LogP contribution in [0, 0.1) is 0 Å². The quantitative estimate of drug-likeness (QED) is 0.0652. The van der Waals surface area contributed by atoms with Crippen molar-refractivity contribution in [3.05, 3.63) is 30.3 Å². The van der Waals surface area contributed by atoms with Crippen LogP contribution >= 0.6 is 0 Å². The molecule has 0 fully saturated rings. The summed E-state index contributed by atoms with van der Waals surface area (Å²) in [5, 5.41) is 1.80. The monoisotopic (exact) mass is 557 g/mol. The molecule has 0 aromatic heterocycles. The normalized spacial score (nSPS) is 11.9. The standard InChI is InChI=1S/C38H72Si/c1-4-7-10-13-16-19-20-23-26-32-37-39(38-33-28-27-29-34-38,35-30-24-21-17-14-11-8-5-2)36-31-25-22-18-15-12-9-6-3/h27-29,33-34H,4-26,30-32,35-37H2,1-3H3. The van der Waals surface area contributed by atoms with Crippen LogP contribution < -0.4 is 5.19 Å². The molecule has 0 heterocycles. The van der Waals surface area contributed by atoms with Gasteiger partial charge in [0, 0.05) is 0 Å². The summed E-state index contributed by atoms with van der Waals surface area (Å²) in [5.74, 6) is 0. The van der Waals surface area contributed by atoms with Gasteiger partial charge in [0.1, 0.15) is 0 Å². The lowest BCUT2D eigenvalue weighted by Crippen LogP contribution is -2.47. The van der Waals surface area contributed by atoms with Crippen LogP contribution in [0.25, 0.3) is 0 Å². The van der Waals surface area contributed by atoms with Gasteiger partial charge >= 0.3 is 0 Å². The molecule has 0 spiro atoms. The van der Waals surface area contributed by atoms with Crippen molar-refractivity contribution in [2.75, 3.05) is 0 Å². The SMILES string of the molecule is CCCCCCCCCCCC[Si](CCCCCCCCCC)(CCCCCCCCCC)c1ccccc1. The van der Waals surface area contributed by atoms with Gasteiger partial charge in [0.2, 0.25) is 0 Å². The number of hydrogen-bond acceptors (Lipinski definition) is 0. The molecule has 0 unspecified atom stereocenters. The predicted octanol–water partition coefficient (Wildman–Crippen LogP) is 13.5. The summed E-state index contributed by atoms with van der Waals surface area (Å²) >= 11 is 0. The van der Waals surface area contributed by atoms with E-state index in [1.165, 1.54) is 167 Å². The van der Waals surface area contributed by atoms with Crippen LogP contribution in [0.1, 0.15) is 188 Å². The van der Waals surface area contributed by atoms with Gasteiger partial charge in [-0.2, -0.15) is 0 Å². The van der Waals surface area contributed by atoms with E-state index >= 15 is 0 Å². The Morgan fingerprint density at radius 1 is 0.333 bits per heavy atom. The highest BCUT2D eigenvalue weighted by Gasteiger charge is 2.33. The molecule has 228 valence electrons. The van der Waals surface area contributed by atoms with Crippen molar-refractivity contribution < 1.29 is 0 Å². The summed E-state index contributed by atoms with van der Waals surface area (Å²) in [6.07, 6.45) is 37.8. The van der Waals surface area contributed by atoms with Crippen molar-refractivity contribution in [3.63, 3.8) is 0 Å². The Kier molecular flexibility index (Phi) is 25.8. The van der Waals surface area contributed by atoms with Crippen molar-refractivity contribution in [1.29, 1.82) is 0 Å². The molecule has 0 aliphatic rings. The minimum atomic E-state index is -1.42. The third-order valence-corrected chi connectivity index (χ3v) is 14.9. The fraction of sp³-hybridized carbons (Fsp3) is 0.842. The van der Waals surface area contributed by atoms with E-state index in [9.17, 15) is 0 Å². The molecule has 0 N–H and O–H groups in total. The van der Waals surface area contributed by atoms with Gasteiger partial charge in [-0.3, -0.25) is 0 Å². The van der Waals surface area contributed by atoms with E-state index < -0.39 is 8.07 Å². The molecule has 0 atom stereocenters. The molecular formula is C38H72Si. The molecule has 0 saturated heterocycles. The molecule has 0 aliphatic carbocycles. The first-order chi connectivity index (χ1) is 19.3. The Morgan fingerprint density at radius 2 is 0.590 bits per heavy atom. The molecule has 0 amide bonds. The van der Waals surface area contributed by atoms with Gasteiger partial charge in [0.25, 0.3) is 0 Å². The Balaban J connectivity index is 2.59. The summed E-state index contributed by atoms with van der Waals surface area (Å²) in [6.45, 7) is 6.98. The van der Waals surface area contributed by atoms with Gasteiger partial charge in [0.05, 0.1) is 8.07 Å². The predicted molar refractivity (Wildman–Crippen MR) is 183 cm³/mol. The summed E-state index contributed by atoms with van der Waals surface area (Å²) in [6, 6.07) is 16.7. The average Bonchev–Trinajstić information content (AvgIpc) is 2.97. The van der Waals surface area contributed by atoms with Gasteiger partial charge in [-0.1, -0.05) is 241 Å². The molecule has 39 heavy (non-hydrogen) atoms. The second-order valence-corrected chi connectivity index (χ2v) is 17.7. The molecule has 1 rings (SSSR count). The molecule has 1 aromatic carbocycles. The molecule has 0 bridgehead atoms. The third-order valence-electron chi connectivity index (χ3n) is 9.41. The molecule has 0 saturated carbocycles. The molecule has 0 nitrogen and oxygen atoms in total. The maximum absolute atomic E-state index is 2.54. The van der Waals surface area contributed by atoms with Gasteiger partial charge < -0.3 is 0 Å². The van der Waals surface area contributed by atoms with Crippen molar-refractivity contribution >= 4 is 13.3 Å². The minimum absolute atomic E-state index is 1.36. The van der Waals surface area contributed by atoms with E-state index in [0.717, 1.165) is 0 Å². The first kappa shape index (κ1) is 36.5. The lowest BCUT2D eigenvalue weighted by atomic mass is 10.1. The van der Waals surface area contributed by atoms with E-state index in [1.807, 2.05) is 0 Å². The average molecular weight is 557 g/mol. The molecule has 1 aromatic rings. The van der Waals surface area contributed by atoms with Crippen LogP contribution in [0.3, 0.4) is 0 Å². The maximum Gasteiger partial charge on any atom is 0.0867 e. The highest BCUT2D eigenvalue weighted by molar-refractivity contribution is 6.91. The molecular weight excluding hydrogens is 485 g/mol. The zero-order chi connectivity index (χ0) is 28.1. The lowest BCUT2D eigenvalue weighted by molar-refractivity contribution is 0.560. The number of rotatable bonds is 30. The summed E-state index contributed by atoms with van der Waals surface area (Å²) in [4.78, 5) is 0. The van der Waals surface area contributed by atoms with E-state index in [4.69, 9.17) is 0 Å². The maximum atomic E-state index is 2.54. The van der Waals surface area contributed by atoms with Crippen molar-refractivity contribution in [1.82, 2.24) is 0 Å². The smallest absolute Gasteiger partial charge is 0.0654 e. The largest absolute Gasteiger partial charge is 0.0867 e. The van der Waals surface area contributed by atoms with E-state index in [2.05, 4.69) is 51.1 Å². The minimum Gasteiger partial charge on any atom is -0.0654 e. The van der Waals surface area contributed by atoms with Gasteiger partial charge in [0.15, 0.2) is 0 Å². The van der Waals surface area contributed by atoms with Crippen LogP contribution in [-0.4, -0.2) is 8.07 Å². The van der Waals surface area contributed by atoms with Crippen molar-refractivity contribution in [2.24, 2.45) is 0 Å². The second-order valence-electron chi connectivity index (χ2n) is 13.0. The molecule has 0 aliphatic heterocycles. The van der Waals surface area contributed by atoms with Crippen molar-refractivity contribution in [2.45, 2.75) is 206 Å². The van der Waals surface area contributed by atoms with Crippen molar-refractivity contribution in [3.8, 4) is 0 Å². The van der Waals surface area contributed by atoms with Crippen LogP contribution in [0.15, 0.2) is 30.3 Å². The number of benzene rings is 1. The van der Waals surface area contributed by atoms with Gasteiger partial charge in [-0.15, -0.1) is 0 Å². The zero-order valence-electron chi connectivity index (χ0n) is 27.4. The van der Waals surface area contributed by atoms with Crippen LogP contribution in [0.2, 0.25) is 18.1 Å². The first-order valence-corrected chi connectivity index (χ1v) is 21.0.